The van der Waals surface area contributed by atoms with Gasteiger partial charge in [-0.3, -0.25) is 4.98 Å². The van der Waals surface area contributed by atoms with E-state index < -0.39 is 17.8 Å². The van der Waals surface area contributed by atoms with Crippen LogP contribution < -0.4 is 5.73 Å². The van der Waals surface area contributed by atoms with Crippen LogP contribution in [0.2, 0.25) is 0 Å². The lowest BCUT2D eigenvalue weighted by atomic mass is 10.1. The quantitative estimate of drug-likeness (QED) is 0.632. The lowest BCUT2D eigenvalue weighted by Crippen LogP contribution is -2.11. The molecule has 1 heterocycles. The summed E-state index contributed by atoms with van der Waals surface area (Å²) in [6.07, 6.45) is -4.03. The summed E-state index contributed by atoms with van der Waals surface area (Å²) >= 11 is 3.03. The van der Waals surface area contributed by atoms with Crippen molar-refractivity contribution in [3.05, 3.63) is 28.0 Å². The van der Waals surface area contributed by atoms with Gasteiger partial charge in [0.25, 0.3) is 0 Å². The molecule has 0 saturated carbocycles. The second-order valence-corrected chi connectivity index (χ2v) is 4.56. The highest BCUT2D eigenvalue weighted by molar-refractivity contribution is 9.10. The smallest absolute Gasteiger partial charge is 0.434 e. The SMILES string of the molecule is COC(=O)c1cc2ncc(C(F)(F)F)nc2c(Br)c1N. The Labute approximate surface area is 119 Å². The molecule has 2 aromatic rings. The Hall–Kier alpha value is -1.90. The maximum atomic E-state index is 12.6. The van der Waals surface area contributed by atoms with Gasteiger partial charge < -0.3 is 10.5 Å². The van der Waals surface area contributed by atoms with Crippen molar-refractivity contribution in [1.82, 2.24) is 9.97 Å². The van der Waals surface area contributed by atoms with Gasteiger partial charge in [-0.05, 0) is 22.0 Å². The predicted molar refractivity (Wildman–Crippen MR) is 68.0 cm³/mol. The highest BCUT2D eigenvalue weighted by atomic mass is 79.9. The molecule has 0 bridgehead atoms. The van der Waals surface area contributed by atoms with Crippen LogP contribution >= 0.6 is 15.9 Å². The molecule has 0 unspecified atom stereocenters. The number of aromatic nitrogens is 2. The van der Waals surface area contributed by atoms with Gasteiger partial charge in [-0.15, -0.1) is 0 Å². The van der Waals surface area contributed by atoms with Crippen molar-refractivity contribution in [3.63, 3.8) is 0 Å². The van der Waals surface area contributed by atoms with Crippen LogP contribution in [-0.2, 0) is 10.9 Å². The highest BCUT2D eigenvalue weighted by Crippen LogP contribution is 2.34. The number of fused-ring (bicyclic) bond motifs is 1. The normalized spacial score (nSPS) is 11.7. The molecule has 2 rings (SSSR count). The first-order valence-corrected chi connectivity index (χ1v) is 5.95. The zero-order valence-electron chi connectivity index (χ0n) is 9.95. The first kappa shape index (κ1) is 14.5. The minimum absolute atomic E-state index is 0.000865. The van der Waals surface area contributed by atoms with Crippen LogP contribution in [0.3, 0.4) is 0 Å². The molecule has 1 aromatic carbocycles. The van der Waals surface area contributed by atoms with E-state index >= 15 is 0 Å². The van der Waals surface area contributed by atoms with Crippen LogP contribution in [-0.4, -0.2) is 23.0 Å². The summed E-state index contributed by atoms with van der Waals surface area (Å²) in [5.74, 6) is -0.716. The Morgan fingerprint density at radius 1 is 1.45 bits per heavy atom. The van der Waals surface area contributed by atoms with Gasteiger partial charge in [-0.1, -0.05) is 0 Å². The lowest BCUT2D eigenvalue weighted by Gasteiger charge is -2.10. The van der Waals surface area contributed by atoms with Crippen molar-refractivity contribution in [2.75, 3.05) is 12.8 Å². The topological polar surface area (TPSA) is 78.1 Å². The number of hydrogen-bond acceptors (Lipinski definition) is 5. The maximum absolute atomic E-state index is 12.6. The molecule has 0 fully saturated rings. The summed E-state index contributed by atoms with van der Waals surface area (Å²) in [5.41, 5.74) is 4.51. The van der Waals surface area contributed by atoms with Gasteiger partial charge in [-0.25, -0.2) is 9.78 Å². The van der Waals surface area contributed by atoms with Crippen molar-refractivity contribution in [2.45, 2.75) is 6.18 Å². The summed E-state index contributed by atoms with van der Waals surface area (Å²) in [4.78, 5) is 18.6. The van der Waals surface area contributed by atoms with Gasteiger partial charge in [0.05, 0.1) is 34.5 Å². The number of methoxy groups -OCH3 is 1. The molecular formula is C11H7BrF3N3O2. The number of nitrogens with zero attached hydrogens (tertiary/aromatic N) is 2. The van der Waals surface area contributed by atoms with Gasteiger partial charge in [0, 0.05) is 0 Å². The third-order valence-electron chi connectivity index (χ3n) is 2.51. The summed E-state index contributed by atoms with van der Waals surface area (Å²) in [6.45, 7) is 0. The number of hydrogen-bond donors (Lipinski definition) is 1. The number of rotatable bonds is 1. The lowest BCUT2D eigenvalue weighted by molar-refractivity contribution is -0.141. The summed E-state index contributed by atoms with van der Waals surface area (Å²) in [6, 6.07) is 1.23. The fraction of sp³-hybridized carbons (Fsp3) is 0.182. The maximum Gasteiger partial charge on any atom is 0.434 e. The third kappa shape index (κ3) is 2.40. The zero-order valence-corrected chi connectivity index (χ0v) is 11.5. The number of benzene rings is 1. The van der Waals surface area contributed by atoms with Gasteiger partial charge in [0.1, 0.15) is 5.52 Å². The molecule has 2 N–H and O–H groups in total. The van der Waals surface area contributed by atoms with E-state index in [1.807, 2.05) is 0 Å². The summed E-state index contributed by atoms with van der Waals surface area (Å²) in [5, 5.41) is 0. The fourth-order valence-electron chi connectivity index (χ4n) is 1.54. The van der Waals surface area contributed by atoms with Gasteiger partial charge in [0.15, 0.2) is 5.69 Å². The van der Waals surface area contributed by atoms with Gasteiger partial charge >= 0.3 is 12.1 Å². The first-order valence-electron chi connectivity index (χ1n) is 5.16. The van der Waals surface area contributed by atoms with Gasteiger partial charge in [0.2, 0.25) is 0 Å². The van der Waals surface area contributed by atoms with E-state index in [0.29, 0.717) is 6.20 Å². The Morgan fingerprint density at radius 3 is 2.65 bits per heavy atom. The first-order chi connectivity index (χ1) is 9.25. The van der Waals surface area contributed by atoms with Crippen LogP contribution in [0.1, 0.15) is 16.1 Å². The number of halogens is 4. The Kier molecular flexibility index (Phi) is 3.55. The minimum atomic E-state index is -4.61. The standard InChI is InChI=1S/C11H7BrF3N3O2/c1-20-10(19)4-2-5-9(7(12)8(4)16)18-6(3-17-5)11(13,14)15/h2-3H,16H2,1H3. The van der Waals surface area contributed by atoms with Crippen molar-refractivity contribution >= 4 is 38.6 Å². The Bertz CT molecular complexity index is 703. The van der Waals surface area contributed by atoms with Crippen molar-refractivity contribution in [1.29, 1.82) is 0 Å². The van der Waals surface area contributed by atoms with E-state index in [2.05, 4.69) is 30.6 Å². The molecule has 9 heteroatoms. The molecule has 5 nitrogen and oxygen atoms in total. The highest BCUT2D eigenvalue weighted by Gasteiger charge is 2.33. The molecule has 0 radical (unpaired) electrons. The van der Waals surface area contributed by atoms with E-state index in [0.717, 1.165) is 7.11 Å². The van der Waals surface area contributed by atoms with Gasteiger partial charge in [-0.2, -0.15) is 13.2 Å². The molecule has 0 atom stereocenters. The van der Waals surface area contributed by atoms with E-state index in [4.69, 9.17) is 5.73 Å². The van der Waals surface area contributed by atoms with Crippen LogP contribution in [0.5, 0.6) is 0 Å². The number of ether oxygens (including phenoxy) is 1. The molecule has 20 heavy (non-hydrogen) atoms. The number of alkyl halides is 3. The number of carbonyl (C=O) groups excluding carboxylic acids is 1. The van der Waals surface area contributed by atoms with Crippen molar-refractivity contribution in [2.24, 2.45) is 0 Å². The van der Waals surface area contributed by atoms with Crippen LogP contribution in [0.15, 0.2) is 16.7 Å². The number of anilines is 1. The second-order valence-electron chi connectivity index (χ2n) is 3.76. The molecule has 0 saturated heterocycles. The second kappa shape index (κ2) is 4.89. The molecule has 0 spiro atoms. The Morgan fingerprint density at radius 2 is 2.10 bits per heavy atom. The number of carbonyl (C=O) groups is 1. The van der Waals surface area contributed by atoms with E-state index in [-0.39, 0.29) is 26.8 Å². The minimum Gasteiger partial charge on any atom is -0.465 e. The molecule has 1 aromatic heterocycles. The average Bonchev–Trinajstić information content (AvgIpc) is 2.40. The van der Waals surface area contributed by atoms with Crippen LogP contribution in [0, 0.1) is 0 Å². The van der Waals surface area contributed by atoms with E-state index in [1.54, 1.807) is 0 Å². The molecule has 0 amide bonds. The fourth-order valence-corrected chi connectivity index (χ4v) is 2.05. The number of nitrogens with two attached hydrogens (primary N) is 1. The molecule has 0 aliphatic carbocycles. The number of nitrogen functional groups attached to an aromatic ring is 1. The monoisotopic (exact) mass is 349 g/mol. The van der Waals surface area contributed by atoms with E-state index in [1.165, 1.54) is 6.07 Å². The van der Waals surface area contributed by atoms with E-state index in [9.17, 15) is 18.0 Å². The largest absolute Gasteiger partial charge is 0.465 e. The molecule has 0 aliphatic heterocycles. The van der Waals surface area contributed by atoms with Crippen LogP contribution in [0.25, 0.3) is 11.0 Å². The molecule has 0 aliphatic rings. The molecular weight excluding hydrogens is 343 g/mol. The van der Waals surface area contributed by atoms with Crippen molar-refractivity contribution in [3.8, 4) is 0 Å². The average molecular weight is 350 g/mol. The Balaban J connectivity index is 2.74. The zero-order chi connectivity index (χ0) is 15.1. The predicted octanol–water partition coefficient (Wildman–Crippen LogP) is 2.78. The number of esters is 1. The molecule has 106 valence electrons. The third-order valence-corrected chi connectivity index (χ3v) is 3.31. The van der Waals surface area contributed by atoms with Crippen molar-refractivity contribution < 1.29 is 22.7 Å². The summed E-state index contributed by atoms with van der Waals surface area (Å²) in [7, 11) is 1.16. The summed E-state index contributed by atoms with van der Waals surface area (Å²) < 4.78 is 42.4. The van der Waals surface area contributed by atoms with Crippen LogP contribution in [0.4, 0.5) is 18.9 Å².